The number of halogens is 1. The van der Waals surface area contributed by atoms with Crippen molar-refractivity contribution in [2.75, 3.05) is 26.8 Å². The number of likely N-dealkylation sites (tertiary alicyclic amines) is 1. The van der Waals surface area contributed by atoms with Gasteiger partial charge in [0, 0.05) is 49.4 Å². The van der Waals surface area contributed by atoms with Gasteiger partial charge in [0.2, 0.25) is 0 Å². The van der Waals surface area contributed by atoms with Crippen LogP contribution in [0.4, 0.5) is 4.79 Å². The molecule has 0 aliphatic carbocycles. The first kappa shape index (κ1) is 10.2. The van der Waals surface area contributed by atoms with E-state index in [-0.39, 0.29) is 3.91 Å². The van der Waals surface area contributed by atoms with Gasteiger partial charge in [-0.2, -0.15) is 0 Å². The molecule has 4 heteroatoms. The molecule has 1 fully saturated rings. The highest BCUT2D eigenvalue weighted by Crippen LogP contribution is 2.18. The number of methoxy groups -OCH3 is 1. The van der Waals surface area contributed by atoms with Crippen LogP contribution in [-0.4, -0.2) is 35.6 Å². The van der Waals surface area contributed by atoms with Gasteiger partial charge < -0.3 is 9.64 Å². The number of ether oxygens (including phenoxy) is 1. The zero-order chi connectivity index (χ0) is 8.97. The predicted octanol–water partition coefficient (Wildman–Crippen LogP) is 1.90. The SMILES string of the molecule is COCC1CCN(C(=O)I)CC1. The van der Waals surface area contributed by atoms with Crippen molar-refractivity contribution < 1.29 is 9.53 Å². The maximum atomic E-state index is 10.9. The van der Waals surface area contributed by atoms with Crippen molar-refractivity contribution in [2.24, 2.45) is 5.92 Å². The van der Waals surface area contributed by atoms with Gasteiger partial charge in [0.1, 0.15) is 0 Å². The molecule has 0 aromatic heterocycles. The van der Waals surface area contributed by atoms with Gasteiger partial charge in [0.15, 0.2) is 0 Å². The Morgan fingerprint density at radius 3 is 2.58 bits per heavy atom. The number of piperidine rings is 1. The molecular formula is C8H14INO2. The monoisotopic (exact) mass is 283 g/mol. The Morgan fingerprint density at radius 2 is 2.17 bits per heavy atom. The van der Waals surface area contributed by atoms with Gasteiger partial charge in [-0.1, -0.05) is 0 Å². The molecule has 0 unspecified atom stereocenters. The number of carbonyl (C=O) groups is 1. The van der Waals surface area contributed by atoms with Crippen LogP contribution in [-0.2, 0) is 4.74 Å². The van der Waals surface area contributed by atoms with Crippen LogP contribution in [0.1, 0.15) is 12.8 Å². The van der Waals surface area contributed by atoms with Crippen molar-refractivity contribution in [3.63, 3.8) is 0 Å². The topological polar surface area (TPSA) is 29.5 Å². The van der Waals surface area contributed by atoms with E-state index in [0.717, 1.165) is 32.5 Å². The molecule has 0 N–H and O–H groups in total. The summed E-state index contributed by atoms with van der Waals surface area (Å²) >= 11 is 1.85. The minimum absolute atomic E-state index is 0.170. The van der Waals surface area contributed by atoms with E-state index >= 15 is 0 Å². The molecule has 0 bridgehead atoms. The summed E-state index contributed by atoms with van der Waals surface area (Å²) in [6.07, 6.45) is 2.17. The molecule has 1 amide bonds. The first-order chi connectivity index (χ1) is 5.74. The molecule has 1 aliphatic heterocycles. The minimum atomic E-state index is 0.170. The van der Waals surface area contributed by atoms with Gasteiger partial charge in [0.05, 0.1) is 0 Å². The summed E-state index contributed by atoms with van der Waals surface area (Å²) in [7, 11) is 1.73. The molecule has 1 rings (SSSR count). The van der Waals surface area contributed by atoms with Crippen LogP contribution >= 0.6 is 22.6 Å². The van der Waals surface area contributed by atoms with Gasteiger partial charge in [-0.3, -0.25) is 4.79 Å². The third-order valence-electron chi connectivity index (χ3n) is 2.27. The molecule has 1 heterocycles. The summed E-state index contributed by atoms with van der Waals surface area (Å²) in [6, 6.07) is 0. The van der Waals surface area contributed by atoms with Crippen LogP contribution < -0.4 is 0 Å². The maximum Gasteiger partial charge on any atom is 0.283 e. The van der Waals surface area contributed by atoms with E-state index in [2.05, 4.69) is 0 Å². The Labute approximate surface area is 86.6 Å². The number of carbonyl (C=O) groups excluding carboxylic acids is 1. The van der Waals surface area contributed by atoms with Crippen LogP contribution in [0.3, 0.4) is 0 Å². The number of rotatable bonds is 2. The van der Waals surface area contributed by atoms with E-state index < -0.39 is 0 Å². The average Bonchev–Trinajstić information content (AvgIpc) is 2.06. The highest BCUT2D eigenvalue weighted by molar-refractivity contribution is 14.1. The van der Waals surface area contributed by atoms with Crippen molar-refractivity contribution in [1.29, 1.82) is 0 Å². The van der Waals surface area contributed by atoms with Gasteiger partial charge in [-0.25, -0.2) is 0 Å². The highest BCUT2D eigenvalue weighted by atomic mass is 127. The second kappa shape index (κ2) is 5.01. The lowest BCUT2D eigenvalue weighted by Crippen LogP contribution is -2.36. The molecular weight excluding hydrogens is 269 g/mol. The van der Waals surface area contributed by atoms with E-state index in [1.807, 2.05) is 27.5 Å². The quantitative estimate of drug-likeness (QED) is 0.440. The lowest BCUT2D eigenvalue weighted by molar-refractivity contribution is 0.113. The van der Waals surface area contributed by atoms with Crippen molar-refractivity contribution in [2.45, 2.75) is 12.8 Å². The third kappa shape index (κ3) is 2.90. The van der Waals surface area contributed by atoms with Crippen LogP contribution in [0.15, 0.2) is 0 Å². The summed E-state index contributed by atoms with van der Waals surface area (Å²) in [4.78, 5) is 12.8. The predicted molar refractivity (Wildman–Crippen MR) is 55.6 cm³/mol. The smallest absolute Gasteiger partial charge is 0.283 e. The molecule has 0 aromatic carbocycles. The van der Waals surface area contributed by atoms with Gasteiger partial charge in [-0.05, 0) is 18.8 Å². The molecule has 0 aromatic rings. The Hall–Kier alpha value is 0.160. The van der Waals surface area contributed by atoms with Crippen molar-refractivity contribution in [1.82, 2.24) is 4.90 Å². The summed E-state index contributed by atoms with van der Waals surface area (Å²) in [5, 5.41) is 0. The van der Waals surface area contributed by atoms with E-state index in [1.165, 1.54) is 0 Å². The second-order valence-corrected chi connectivity index (χ2v) is 4.06. The van der Waals surface area contributed by atoms with Crippen LogP contribution in [0, 0.1) is 5.92 Å². The Morgan fingerprint density at radius 1 is 1.58 bits per heavy atom. The number of hydrogen-bond donors (Lipinski definition) is 0. The van der Waals surface area contributed by atoms with Gasteiger partial charge in [0.25, 0.3) is 3.91 Å². The summed E-state index contributed by atoms with van der Waals surface area (Å²) in [6.45, 7) is 2.63. The van der Waals surface area contributed by atoms with Crippen molar-refractivity contribution in [3.8, 4) is 0 Å². The fourth-order valence-corrected chi connectivity index (χ4v) is 1.99. The standard InChI is InChI=1S/C8H14INO2/c1-12-6-7-2-4-10(5-3-7)8(9)11/h7H,2-6H2,1H3. The Kier molecular flexibility index (Phi) is 4.28. The Bertz CT molecular complexity index is 155. The third-order valence-corrected chi connectivity index (χ3v) is 2.95. The average molecular weight is 283 g/mol. The molecule has 70 valence electrons. The van der Waals surface area contributed by atoms with Crippen LogP contribution in [0.25, 0.3) is 0 Å². The summed E-state index contributed by atoms with van der Waals surface area (Å²) in [5.74, 6) is 0.655. The normalized spacial score (nSPS) is 19.7. The molecule has 0 radical (unpaired) electrons. The Balaban J connectivity index is 2.25. The van der Waals surface area contributed by atoms with Crippen LogP contribution in [0.2, 0.25) is 0 Å². The minimum Gasteiger partial charge on any atom is -0.384 e. The number of nitrogens with zero attached hydrogens (tertiary/aromatic N) is 1. The number of amides is 1. The number of hydrogen-bond acceptors (Lipinski definition) is 2. The van der Waals surface area contributed by atoms with Crippen LogP contribution in [0.5, 0.6) is 0 Å². The van der Waals surface area contributed by atoms with E-state index in [4.69, 9.17) is 4.74 Å². The van der Waals surface area contributed by atoms with E-state index in [9.17, 15) is 4.79 Å². The molecule has 12 heavy (non-hydrogen) atoms. The van der Waals surface area contributed by atoms with E-state index in [1.54, 1.807) is 7.11 Å². The van der Waals surface area contributed by atoms with Gasteiger partial charge in [-0.15, -0.1) is 0 Å². The molecule has 3 nitrogen and oxygen atoms in total. The van der Waals surface area contributed by atoms with Crippen molar-refractivity contribution >= 4 is 26.5 Å². The van der Waals surface area contributed by atoms with Crippen molar-refractivity contribution in [3.05, 3.63) is 0 Å². The lowest BCUT2D eigenvalue weighted by Gasteiger charge is -2.30. The first-order valence-electron chi connectivity index (χ1n) is 4.17. The molecule has 1 aliphatic rings. The summed E-state index contributed by atoms with van der Waals surface area (Å²) < 4.78 is 5.24. The van der Waals surface area contributed by atoms with E-state index in [0.29, 0.717) is 5.92 Å². The molecule has 0 spiro atoms. The maximum absolute atomic E-state index is 10.9. The molecule has 1 saturated heterocycles. The zero-order valence-electron chi connectivity index (χ0n) is 7.25. The largest absolute Gasteiger partial charge is 0.384 e. The highest BCUT2D eigenvalue weighted by Gasteiger charge is 2.20. The fraction of sp³-hybridized carbons (Fsp3) is 0.875. The molecule has 0 atom stereocenters. The lowest BCUT2D eigenvalue weighted by atomic mass is 9.98. The second-order valence-electron chi connectivity index (χ2n) is 3.14. The summed E-state index contributed by atoms with van der Waals surface area (Å²) in [5.41, 5.74) is 0. The van der Waals surface area contributed by atoms with Gasteiger partial charge >= 0.3 is 0 Å². The fourth-order valence-electron chi connectivity index (χ4n) is 1.51. The first-order valence-corrected chi connectivity index (χ1v) is 5.25. The zero-order valence-corrected chi connectivity index (χ0v) is 9.41. The molecule has 0 saturated carbocycles.